The second kappa shape index (κ2) is 12.7. The molecule has 4 rings (SSSR count). The Hall–Kier alpha value is -1.46. The highest BCUT2D eigenvalue weighted by atomic mass is 35.5. The molecule has 32 heavy (non-hydrogen) atoms. The van der Waals surface area contributed by atoms with Gasteiger partial charge < -0.3 is 14.2 Å². The van der Waals surface area contributed by atoms with Gasteiger partial charge in [0.15, 0.2) is 0 Å². The Kier molecular flexibility index (Phi) is 10.6. The molecule has 1 aliphatic heterocycles. The van der Waals surface area contributed by atoms with E-state index in [-0.39, 0.29) is 24.8 Å². The highest BCUT2D eigenvalue weighted by Crippen LogP contribution is 2.23. The monoisotopic (exact) mass is 497 g/mol. The number of para-hydroxylation sites is 1. The number of imidazole rings is 1. The van der Waals surface area contributed by atoms with E-state index >= 15 is 0 Å². The molecule has 4 nitrogen and oxygen atoms in total. The number of benzene rings is 2. The van der Waals surface area contributed by atoms with Crippen LogP contribution >= 0.6 is 36.4 Å². The summed E-state index contributed by atoms with van der Waals surface area (Å²) in [4.78, 5) is 7.57. The van der Waals surface area contributed by atoms with E-state index < -0.39 is 0 Å². The van der Waals surface area contributed by atoms with Crippen LogP contribution in [0.25, 0.3) is 11.0 Å². The number of ether oxygens (including phenoxy) is 1. The maximum Gasteiger partial charge on any atom is 0.148 e. The second-order valence-corrected chi connectivity index (χ2v) is 9.06. The molecule has 0 aliphatic carbocycles. The van der Waals surface area contributed by atoms with Crippen LogP contribution in [0.15, 0.2) is 42.5 Å². The lowest BCUT2D eigenvalue weighted by molar-refractivity contribution is 0.194. The molecule has 1 fully saturated rings. The van der Waals surface area contributed by atoms with Crippen LogP contribution in [-0.4, -0.2) is 34.1 Å². The molecule has 1 saturated heterocycles. The van der Waals surface area contributed by atoms with E-state index in [0.29, 0.717) is 17.5 Å². The number of hydrogen-bond donors (Lipinski definition) is 0. The van der Waals surface area contributed by atoms with Crippen LogP contribution in [0.1, 0.15) is 44.0 Å². The minimum atomic E-state index is 0. The number of likely N-dealkylation sites (tertiary alicyclic amines) is 1. The van der Waals surface area contributed by atoms with Crippen molar-refractivity contribution in [2.75, 3.05) is 19.6 Å². The fourth-order valence-corrected chi connectivity index (χ4v) is 4.52. The fourth-order valence-electron chi connectivity index (χ4n) is 4.40. The van der Waals surface area contributed by atoms with Crippen molar-refractivity contribution < 1.29 is 4.74 Å². The van der Waals surface area contributed by atoms with Crippen molar-refractivity contribution in [1.82, 2.24) is 14.5 Å². The lowest BCUT2D eigenvalue weighted by atomic mass is 10.0. The summed E-state index contributed by atoms with van der Waals surface area (Å²) >= 11 is 5.99. The summed E-state index contributed by atoms with van der Waals surface area (Å²) in [6.45, 7) is 9.65. The molecule has 7 heteroatoms. The van der Waals surface area contributed by atoms with Crippen molar-refractivity contribution in [1.29, 1.82) is 0 Å². The topological polar surface area (TPSA) is 30.3 Å². The number of aromatic nitrogens is 2. The number of rotatable bonds is 8. The van der Waals surface area contributed by atoms with Gasteiger partial charge in [-0.15, -0.1) is 24.8 Å². The van der Waals surface area contributed by atoms with Crippen molar-refractivity contribution >= 4 is 47.4 Å². The van der Waals surface area contributed by atoms with E-state index in [9.17, 15) is 0 Å². The van der Waals surface area contributed by atoms with Gasteiger partial charge in [0.1, 0.15) is 18.2 Å². The Morgan fingerprint density at radius 1 is 1.03 bits per heavy atom. The summed E-state index contributed by atoms with van der Waals surface area (Å²) in [5.74, 6) is 2.46. The van der Waals surface area contributed by atoms with E-state index in [2.05, 4.69) is 41.5 Å². The van der Waals surface area contributed by atoms with Gasteiger partial charge in [-0.2, -0.15) is 0 Å². The minimum Gasteiger partial charge on any atom is -0.486 e. The highest BCUT2D eigenvalue weighted by Gasteiger charge is 2.16. The summed E-state index contributed by atoms with van der Waals surface area (Å²) in [6.07, 6.45) is 5.24. The van der Waals surface area contributed by atoms with Gasteiger partial charge in [0, 0.05) is 18.1 Å². The minimum absolute atomic E-state index is 0. The normalized spacial score (nSPS) is 15.1. The first-order valence-electron chi connectivity index (χ1n) is 11.2. The van der Waals surface area contributed by atoms with Gasteiger partial charge in [0.2, 0.25) is 0 Å². The molecule has 0 saturated carbocycles. The van der Waals surface area contributed by atoms with Crippen molar-refractivity contribution in [2.24, 2.45) is 5.92 Å². The van der Waals surface area contributed by atoms with Crippen LogP contribution in [-0.2, 0) is 13.2 Å². The van der Waals surface area contributed by atoms with Crippen molar-refractivity contribution in [3.05, 3.63) is 58.9 Å². The van der Waals surface area contributed by atoms with Gasteiger partial charge in [0.25, 0.3) is 0 Å². The Morgan fingerprint density at radius 3 is 2.47 bits per heavy atom. The first-order valence-corrected chi connectivity index (χ1v) is 11.5. The van der Waals surface area contributed by atoms with Crippen LogP contribution in [0.4, 0.5) is 0 Å². The summed E-state index contributed by atoms with van der Waals surface area (Å²) in [7, 11) is 0. The largest absolute Gasteiger partial charge is 0.486 e. The van der Waals surface area contributed by atoms with E-state index in [1.54, 1.807) is 0 Å². The molecule has 2 heterocycles. The molecular formula is C25H34Cl3N3O. The molecule has 1 aromatic heterocycles. The maximum atomic E-state index is 6.04. The van der Waals surface area contributed by atoms with Crippen LogP contribution in [0.2, 0.25) is 5.02 Å². The average molecular weight is 499 g/mol. The molecule has 176 valence electrons. The SMILES string of the molecule is Cc1cccc2c1nc(COc1ccc(Cl)cc1)n2CCC(C)CN1CCCCC1.Cl.Cl. The summed E-state index contributed by atoms with van der Waals surface area (Å²) in [5, 5.41) is 0.716. The van der Waals surface area contributed by atoms with Crippen molar-refractivity contribution in [2.45, 2.75) is 52.7 Å². The van der Waals surface area contributed by atoms with Gasteiger partial charge in [-0.3, -0.25) is 0 Å². The Morgan fingerprint density at radius 2 is 1.75 bits per heavy atom. The zero-order valence-electron chi connectivity index (χ0n) is 18.9. The third-order valence-electron chi connectivity index (χ3n) is 6.11. The van der Waals surface area contributed by atoms with Crippen LogP contribution in [0.5, 0.6) is 5.75 Å². The van der Waals surface area contributed by atoms with E-state index in [1.807, 2.05) is 24.3 Å². The Balaban J connectivity index is 0.00000181. The van der Waals surface area contributed by atoms with Crippen molar-refractivity contribution in [3.63, 3.8) is 0 Å². The van der Waals surface area contributed by atoms with Gasteiger partial charge in [-0.25, -0.2) is 4.98 Å². The number of fused-ring (bicyclic) bond motifs is 1. The Labute approximate surface area is 209 Å². The molecule has 0 N–H and O–H groups in total. The van der Waals surface area contributed by atoms with Gasteiger partial charge in [0.05, 0.1) is 11.0 Å². The summed E-state index contributed by atoms with van der Waals surface area (Å²) in [6, 6.07) is 13.9. The molecular weight excluding hydrogens is 465 g/mol. The lowest BCUT2D eigenvalue weighted by Crippen LogP contribution is -2.33. The quantitative estimate of drug-likeness (QED) is 0.337. The number of piperidine rings is 1. The highest BCUT2D eigenvalue weighted by molar-refractivity contribution is 6.30. The predicted molar refractivity (Wildman–Crippen MR) is 139 cm³/mol. The van der Waals surface area contributed by atoms with Crippen LogP contribution in [0.3, 0.4) is 0 Å². The van der Waals surface area contributed by atoms with Crippen LogP contribution < -0.4 is 4.74 Å². The molecule has 1 atom stereocenters. The molecule has 3 aromatic rings. The molecule has 1 unspecified atom stereocenters. The van der Waals surface area contributed by atoms with E-state index in [0.717, 1.165) is 30.1 Å². The first kappa shape index (κ1) is 26.8. The molecule has 2 aromatic carbocycles. The smallest absolute Gasteiger partial charge is 0.148 e. The number of hydrogen-bond acceptors (Lipinski definition) is 3. The molecule has 0 radical (unpaired) electrons. The fraction of sp³-hybridized carbons (Fsp3) is 0.480. The standard InChI is InChI=1S/C25H32ClN3O.2ClH/c1-19(17-28-14-4-3-5-15-28)13-16-29-23-8-6-7-20(2)25(23)27-24(29)18-30-22-11-9-21(26)10-12-22;;/h6-12,19H,3-5,13-18H2,1-2H3;2*1H. The number of halogens is 3. The van der Waals surface area contributed by atoms with Crippen LogP contribution in [0, 0.1) is 12.8 Å². The number of aryl methyl sites for hydroxylation is 2. The first-order chi connectivity index (χ1) is 14.6. The molecule has 0 amide bonds. The molecule has 0 spiro atoms. The lowest BCUT2D eigenvalue weighted by Gasteiger charge is -2.29. The second-order valence-electron chi connectivity index (χ2n) is 8.62. The van der Waals surface area contributed by atoms with E-state index in [1.165, 1.54) is 50.0 Å². The third-order valence-corrected chi connectivity index (χ3v) is 6.36. The van der Waals surface area contributed by atoms with Crippen molar-refractivity contribution in [3.8, 4) is 5.75 Å². The van der Waals surface area contributed by atoms with Gasteiger partial charge in [-0.1, -0.05) is 37.1 Å². The number of nitrogens with zero attached hydrogens (tertiary/aromatic N) is 3. The zero-order chi connectivity index (χ0) is 20.9. The summed E-state index contributed by atoms with van der Waals surface area (Å²) < 4.78 is 8.39. The summed E-state index contributed by atoms with van der Waals surface area (Å²) in [5.41, 5.74) is 3.49. The van der Waals surface area contributed by atoms with Gasteiger partial charge >= 0.3 is 0 Å². The Bertz CT molecular complexity index is 968. The molecule has 1 aliphatic rings. The maximum absolute atomic E-state index is 6.04. The zero-order valence-corrected chi connectivity index (χ0v) is 21.3. The van der Waals surface area contributed by atoms with E-state index in [4.69, 9.17) is 21.3 Å². The van der Waals surface area contributed by atoms with Gasteiger partial charge in [-0.05, 0) is 81.1 Å². The predicted octanol–water partition coefficient (Wildman–Crippen LogP) is 6.93. The average Bonchev–Trinajstić information content (AvgIpc) is 3.11. The third kappa shape index (κ3) is 6.77. The molecule has 0 bridgehead atoms.